The molecule has 76 heavy (non-hydrogen) atoms. The van der Waals surface area contributed by atoms with E-state index < -0.39 is 124 Å². The van der Waals surface area contributed by atoms with Crippen molar-refractivity contribution in [1.29, 1.82) is 0 Å². The fourth-order valence-electron chi connectivity index (χ4n) is 12.6. The van der Waals surface area contributed by atoms with Crippen molar-refractivity contribution in [3.63, 3.8) is 0 Å². The first-order valence-electron chi connectivity index (χ1n) is 27.0. The summed E-state index contributed by atoms with van der Waals surface area (Å²) in [6, 6.07) is 4.80. The standard InChI is InChI=1S/C57H80F2N4O13/c1-11-13-48-75-47-26-38-39-25-41(58)40-24-37(64)19-20-54(40,9)56(39,59)45(67)28-55(38,10)57(47,76-48)46(68)30-73-50(70)53(7,8)27-44(66)42(22-31(2)3)63-52(72)74-29-34-15-17-36(18-16-34)62-49(69)35(14-12-21-61-51(60)71)23-43(65)33(6)32(4)5/h15-20,24,31-33,35,38-39,41-42,45,47-48,67H,11-14,21-23,25-30H2,1-10H3,(H,62,69)(H,63,72)(H3,60,61,71)/t33-,35+,38-,39-,41-,42-,45-,47+,48?,54-,55-,56-,57+/m0/s1. The number of nitrogens with two attached hydrogens (primary N) is 1. The number of carbonyl (C=O) groups excluding carboxylic acids is 8. The largest absolute Gasteiger partial charge is 0.457 e. The molecule has 19 heteroatoms. The number of benzene rings is 1. The van der Waals surface area contributed by atoms with Gasteiger partial charge in [0.1, 0.15) is 18.6 Å². The Morgan fingerprint density at radius 1 is 0.974 bits per heavy atom. The first kappa shape index (κ1) is 59.8. The highest BCUT2D eigenvalue weighted by Gasteiger charge is 2.80. The molecule has 3 saturated carbocycles. The predicted octanol–water partition coefficient (Wildman–Crippen LogP) is 7.89. The average Bonchev–Trinajstić information content (AvgIpc) is 3.87. The summed E-state index contributed by atoms with van der Waals surface area (Å²) in [6.07, 6.45) is -1.22. The molecule has 13 atom stereocenters. The van der Waals surface area contributed by atoms with E-state index >= 15 is 8.78 Å². The number of urea groups is 1. The second kappa shape index (κ2) is 23.7. The molecule has 5 aliphatic rings. The van der Waals surface area contributed by atoms with Crippen LogP contribution in [-0.2, 0) is 54.3 Å². The lowest BCUT2D eigenvalue weighted by Crippen LogP contribution is -2.71. The number of Topliss-reactive ketones (excluding diaryl/α,β-unsaturated/α-hetero) is 3. The third kappa shape index (κ3) is 12.0. The number of aliphatic hydroxyl groups excluding tert-OH is 1. The number of halogens is 2. The predicted molar refractivity (Wildman–Crippen MR) is 276 cm³/mol. The van der Waals surface area contributed by atoms with E-state index in [1.165, 1.54) is 32.9 Å². The van der Waals surface area contributed by atoms with Crippen molar-refractivity contribution >= 4 is 52.8 Å². The van der Waals surface area contributed by atoms with E-state index in [0.29, 0.717) is 36.9 Å². The number of amides is 4. The highest BCUT2D eigenvalue weighted by molar-refractivity contribution is 6.01. The Kier molecular flexibility index (Phi) is 18.6. The molecule has 17 nitrogen and oxygen atoms in total. The van der Waals surface area contributed by atoms with Gasteiger partial charge in [0.2, 0.25) is 11.7 Å². The molecule has 1 unspecified atom stereocenters. The van der Waals surface area contributed by atoms with Gasteiger partial charge in [-0.15, -0.1) is 0 Å². The molecule has 0 radical (unpaired) electrons. The molecular formula is C57H80F2N4O13. The molecule has 0 spiro atoms. The Labute approximate surface area is 444 Å². The number of anilines is 1. The number of hydrogen-bond donors (Lipinski definition) is 5. The molecule has 1 aliphatic heterocycles. The highest BCUT2D eigenvalue weighted by Crippen LogP contribution is 2.72. The molecule has 0 aromatic heterocycles. The number of aliphatic hydroxyl groups is 1. The van der Waals surface area contributed by atoms with Crippen LogP contribution in [-0.4, -0.2) is 107 Å². The molecular weight excluding hydrogens is 987 g/mol. The van der Waals surface area contributed by atoms with Crippen molar-refractivity contribution < 1.29 is 71.2 Å². The lowest BCUT2D eigenvalue weighted by Gasteiger charge is -2.63. The Morgan fingerprint density at radius 3 is 2.29 bits per heavy atom. The smallest absolute Gasteiger partial charge is 0.408 e. The van der Waals surface area contributed by atoms with Crippen molar-refractivity contribution in [2.45, 2.75) is 182 Å². The number of primary amides is 1. The van der Waals surface area contributed by atoms with Crippen molar-refractivity contribution in [2.24, 2.45) is 57.5 Å². The number of carbonyl (C=O) groups is 8. The minimum Gasteiger partial charge on any atom is -0.457 e. The van der Waals surface area contributed by atoms with Crippen molar-refractivity contribution in [3.8, 4) is 0 Å². The van der Waals surface area contributed by atoms with E-state index in [4.69, 9.17) is 24.7 Å². The number of alkyl halides is 2. The Hall–Kier alpha value is -5.40. The van der Waals surface area contributed by atoms with Crippen LogP contribution in [0.2, 0.25) is 0 Å². The van der Waals surface area contributed by atoms with Gasteiger partial charge in [-0.3, -0.25) is 28.8 Å². The number of ketones is 4. The third-order valence-corrected chi connectivity index (χ3v) is 17.2. The first-order chi connectivity index (χ1) is 35.5. The minimum atomic E-state index is -2.40. The van der Waals surface area contributed by atoms with Crippen LogP contribution >= 0.6 is 0 Å². The number of allylic oxidation sites excluding steroid dienone is 4. The number of ether oxygens (including phenoxy) is 4. The summed E-state index contributed by atoms with van der Waals surface area (Å²) in [5.74, 6) is -5.60. The molecule has 4 fully saturated rings. The lowest BCUT2D eigenvalue weighted by molar-refractivity contribution is -0.235. The van der Waals surface area contributed by atoms with Gasteiger partial charge >= 0.3 is 18.1 Å². The molecule has 1 aromatic carbocycles. The molecule has 1 aromatic rings. The van der Waals surface area contributed by atoms with Crippen LogP contribution in [0.5, 0.6) is 0 Å². The van der Waals surface area contributed by atoms with Gasteiger partial charge in [0.25, 0.3) is 0 Å². The first-order valence-corrected chi connectivity index (χ1v) is 27.0. The van der Waals surface area contributed by atoms with E-state index in [0.717, 1.165) is 6.08 Å². The zero-order valence-electron chi connectivity index (χ0n) is 45.8. The van der Waals surface area contributed by atoms with Crippen LogP contribution in [0.15, 0.2) is 48.1 Å². The Bertz CT molecular complexity index is 2440. The van der Waals surface area contributed by atoms with Gasteiger partial charge in [-0.25, -0.2) is 18.4 Å². The maximum Gasteiger partial charge on any atom is 0.408 e. The maximum atomic E-state index is 18.0. The second-order valence-electron chi connectivity index (χ2n) is 23.7. The molecule has 4 aliphatic carbocycles. The van der Waals surface area contributed by atoms with Crippen LogP contribution in [0.1, 0.15) is 139 Å². The van der Waals surface area contributed by atoms with Gasteiger partial charge in [-0.1, -0.05) is 73.1 Å². The molecule has 6 rings (SSSR count). The fraction of sp³-hybridized carbons (Fsp3) is 0.684. The summed E-state index contributed by atoms with van der Waals surface area (Å²) in [4.78, 5) is 106. The summed E-state index contributed by atoms with van der Waals surface area (Å²) in [7, 11) is 0. The Balaban J connectivity index is 1.07. The van der Waals surface area contributed by atoms with Crippen LogP contribution in [0, 0.1) is 51.8 Å². The van der Waals surface area contributed by atoms with E-state index in [9.17, 15) is 43.5 Å². The lowest BCUT2D eigenvalue weighted by atomic mass is 9.44. The van der Waals surface area contributed by atoms with Crippen molar-refractivity contribution in [1.82, 2.24) is 10.6 Å². The summed E-state index contributed by atoms with van der Waals surface area (Å²) < 4.78 is 58.3. The van der Waals surface area contributed by atoms with Gasteiger partial charge < -0.3 is 45.7 Å². The van der Waals surface area contributed by atoms with Gasteiger partial charge in [0, 0.05) is 53.7 Å². The zero-order valence-corrected chi connectivity index (χ0v) is 45.8. The molecule has 4 amide bonds. The van der Waals surface area contributed by atoms with E-state index in [1.54, 1.807) is 31.2 Å². The molecule has 1 heterocycles. The number of rotatable bonds is 24. The van der Waals surface area contributed by atoms with Crippen LogP contribution in [0.4, 0.5) is 24.1 Å². The molecule has 1 saturated heterocycles. The fourth-order valence-corrected chi connectivity index (χ4v) is 12.6. The van der Waals surface area contributed by atoms with Gasteiger partial charge in [-0.2, -0.15) is 0 Å². The summed E-state index contributed by atoms with van der Waals surface area (Å²) in [6.45, 7) is 16.8. The Morgan fingerprint density at radius 2 is 1.66 bits per heavy atom. The van der Waals surface area contributed by atoms with Crippen LogP contribution in [0.25, 0.3) is 0 Å². The van der Waals surface area contributed by atoms with Crippen molar-refractivity contribution in [3.05, 3.63) is 53.6 Å². The monoisotopic (exact) mass is 1070 g/mol. The number of alkyl carbamates (subject to hydrolysis) is 1. The summed E-state index contributed by atoms with van der Waals surface area (Å²) in [5.41, 5.74) is -2.49. The normalized spacial score (nSPS) is 30.7. The topological polar surface area (TPSA) is 256 Å². The van der Waals surface area contributed by atoms with Crippen molar-refractivity contribution in [2.75, 3.05) is 18.5 Å². The van der Waals surface area contributed by atoms with Gasteiger partial charge in [0.15, 0.2) is 35.7 Å². The number of esters is 1. The zero-order chi connectivity index (χ0) is 56.3. The number of hydrogen-bond acceptors (Lipinski definition) is 13. The third-order valence-electron chi connectivity index (χ3n) is 17.2. The van der Waals surface area contributed by atoms with Crippen LogP contribution in [0.3, 0.4) is 0 Å². The number of fused-ring (bicyclic) bond motifs is 7. The van der Waals surface area contributed by atoms with E-state index in [-0.39, 0.29) is 80.3 Å². The van der Waals surface area contributed by atoms with E-state index in [1.807, 2.05) is 41.5 Å². The highest BCUT2D eigenvalue weighted by atomic mass is 19.1. The molecule has 6 N–H and O–H groups in total. The summed E-state index contributed by atoms with van der Waals surface area (Å²) >= 11 is 0. The second-order valence-corrected chi connectivity index (χ2v) is 23.7. The average molecular weight is 1070 g/mol. The van der Waals surface area contributed by atoms with E-state index in [2.05, 4.69) is 16.0 Å². The van der Waals surface area contributed by atoms with Gasteiger partial charge in [0.05, 0.1) is 23.7 Å². The quantitative estimate of drug-likeness (QED) is 0.0488. The molecule has 420 valence electrons. The minimum absolute atomic E-state index is 0.0241. The number of nitrogens with one attached hydrogen (secondary N) is 3. The summed E-state index contributed by atoms with van der Waals surface area (Å²) in [5, 5.41) is 19.9. The van der Waals surface area contributed by atoms with Gasteiger partial charge in [-0.05, 0) is 119 Å². The van der Waals surface area contributed by atoms with Crippen LogP contribution < -0.4 is 21.7 Å². The maximum absolute atomic E-state index is 18.0. The SMILES string of the molecule is CCCC1O[C@@H]2C[C@H]3[C@@H]4C[C@H](F)C5=CC(=O)C=C[C@]5(C)[C@@]4(F)[C@@H](O)C[C@]3(C)[C@]2(C(=O)COC(=O)C(C)(C)CC(=O)[C@H](CC(C)C)NC(=O)OCc2ccc(NC(=O)[C@H](CCCNC(N)=O)CC(=O)[C@@H](C)C(C)C)cc2)O1. The molecule has 0 bridgehead atoms.